The van der Waals surface area contributed by atoms with Crippen LogP contribution in [0.25, 0.3) is 22.4 Å². The van der Waals surface area contributed by atoms with Crippen molar-refractivity contribution in [2.45, 2.75) is 44.6 Å². The Balaban J connectivity index is 1.64. The van der Waals surface area contributed by atoms with Crippen molar-refractivity contribution in [1.29, 1.82) is 0 Å². The monoisotopic (exact) mass is 560 g/mol. The van der Waals surface area contributed by atoms with E-state index in [0.29, 0.717) is 34.1 Å². The number of hydrogen-bond donors (Lipinski definition) is 1. The van der Waals surface area contributed by atoms with Crippen LogP contribution in [0, 0.1) is 29.2 Å². The molecular formula is C29H25ClF4N2O3. The molecule has 39 heavy (non-hydrogen) atoms. The van der Waals surface area contributed by atoms with Crippen molar-refractivity contribution in [3.63, 3.8) is 0 Å². The third kappa shape index (κ3) is 5.59. The number of ether oxygens (including phenoxy) is 1. The van der Waals surface area contributed by atoms with Gasteiger partial charge in [-0.1, -0.05) is 37.3 Å². The van der Waals surface area contributed by atoms with Crippen LogP contribution in [0.1, 0.15) is 54.9 Å². The summed E-state index contributed by atoms with van der Waals surface area (Å²) < 4.78 is 65.7. The Morgan fingerprint density at radius 1 is 0.949 bits per heavy atom. The molecule has 0 aliphatic heterocycles. The summed E-state index contributed by atoms with van der Waals surface area (Å²) in [7, 11) is 0. The normalized spacial score (nSPS) is 15.3. The Morgan fingerprint density at radius 2 is 1.56 bits per heavy atom. The molecule has 1 N–H and O–H groups in total. The van der Waals surface area contributed by atoms with Gasteiger partial charge in [0.2, 0.25) is 0 Å². The van der Waals surface area contributed by atoms with E-state index in [9.17, 15) is 22.4 Å². The van der Waals surface area contributed by atoms with Gasteiger partial charge in [0.25, 0.3) is 0 Å². The van der Waals surface area contributed by atoms with Gasteiger partial charge in [-0.05, 0) is 55.2 Å². The topological polar surface area (TPSA) is 64.3 Å². The lowest BCUT2D eigenvalue weighted by Crippen LogP contribution is -2.27. The standard InChI is InChI=1S/C29H25ClF4N2O3/c30-19-9-7-17(8-10-19)28-35-24-13-20(31)21(32)14-25(24)36(28)26(16-5-3-1-2-4-6-16)15-39-27-22(33)11-18(29(37)38)12-23(27)34/h7-14,16,26H,1-6,15H2,(H,37,38). The van der Waals surface area contributed by atoms with Gasteiger partial charge in [-0.15, -0.1) is 0 Å². The lowest BCUT2D eigenvalue weighted by molar-refractivity contribution is 0.0695. The molecule has 3 aromatic carbocycles. The zero-order valence-corrected chi connectivity index (χ0v) is 21.5. The SMILES string of the molecule is O=C(O)c1cc(F)c(OCC(C2CCCCCC2)n2c(-c3ccc(Cl)cc3)nc3cc(F)c(F)cc32)c(F)c1. The molecule has 204 valence electrons. The van der Waals surface area contributed by atoms with Crippen LogP contribution in [0.4, 0.5) is 17.6 Å². The van der Waals surface area contributed by atoms with E-state index in [-0.39, 0.29) is 18.0 Å². The maximum Gasteiger partial charge on any atom is 0.335 e. The van der Waals surface area contributed by atoms with Gasteiger partial charge in [-0.25, -0.2) is 27.3 Å². The number of carboxylic acids is 1. The van der Waals surface area contributed by atoms with E-state index in [2.05, 4.69) is 4.98 Å². The molecule has 0 amide bonds. The van der Waals surface area contributed by atoms with Crippen LogP contribution in [0.15, 0.2) is 48.5 Å². The molecule has 0 spiro atoms. The number of fused-ring (bicyclic) bond motifs is 1. The second-order valence-corrected chi connectivity index (χ2v) is 10.2. The third-order valence-corrected chi connectivity index (χ3v) is 7.51. The number of imidazole rings is 1. The number of aromatic carboxylic acids is 1. The molecule has 1 fully saturated rings. The van der Waals surface area contributed by atoms with E-state index in [4.69, 9.17) is 21.4 Å². The summed E-state index contributed by atoms with van der Waals surface area (Å²) in [6.45, 7) is -0.212. The highest BCUT2D eigenvalue weighted by atomic mass is 35.5. The average molecular weight is 561 g/mol. The first-order valence-electron chi connectivity index (χ1n) is 12.7. The lowest BCUT2D eigenvalue weighted by atomic mass is 9.91. The summed E-state index contributed by atoms with van der Waals surface area (Å²) >= 11 is 6.09. The number of carboxylic acid groups (broad SMARTS) is 1. The van der Waals surface area contributed by atoms with Gasteiger partial charge >= 0.3 is 5.97 Å². The molecule has 5 nitrogen and oxygen atoms in total. The van der Waals surface area contributed by atoms with Crippen molar-refractivity contribution < 1.29 is 32.2 Å². The van der Waals surface area contributed by atoms with E-state index in [0.717, 1.165) is 50.7 Å². The summed E-state index contributed by atoms with van der Waals surface area (Å²) in [5.74, 6) is -6.16. The third-order valence-electron chi connectivity index (χ3n) is 7.25. The Labute approximate surface area is 227 Å². The molecule has 4 aromatic rings. The van der Waals surface area contributed by atoms with Gasteiger partial charge in [-0.2, -0.15) is 0 Å². The van der Waals surface area contributed by atoms with E-state index in [1.807, 2.05) is 0 Å². The Bertz CT molecular complexity index is 1490. The summed E-state index contributed by atoms with van der Waals surface area (Å²) in [5.41, 5.74) is 0.638. The maximum absolute atomic E-state index is 14.8. The van der Waals surface area contributed by atoms with Crippen molar-refractivity contribution in [2.75, 3.05) is 6.61 Å². The largest absolute Gasteiger partial charge is 0.485 e. The molecule has 5 rings (SSSR count). The highest BCUT2D eigenvalue weighted by Crippen LogP contribution is 2.39. The molecule has 1 heterocycles. The lowest BCUT2D eigenvalue weighted by Gasteiger charge is -2.30. The van der Waals surface area contributed by atoms with Crippen molar-refractivity contribution in [2.24, 2.45) is 5.92 Å². The molecule has 0 bridgehead atoms. The second-order valence-electron chi connectivity index (χ2n) is 9.77. The quantitative estimate of drug-likeness (QED) is 0.183. The van der Waals surface area contributed by atoms with Gasteiger partial charge in [0.15, 0.2) is 29.0 Å². The number of hydrogen-bond acceptors (Lipinski definition) is 3. The molecule has 0 radical (unpaired) electrons. The fraction of sp³-hybridized carbons (Fsp3) is 0.310. The molecule has 0 saturated heterocycles. The van der Waals surface area contributed by atoms with Crippen LogP contribution in [0.2, 0.25) is 5.02 Å². The molecular weight excluding hydrogens is 536 g/mol. The van der Waals surface area contributed by atoms with E-state index in [1.165, 1.54) is 0 Å². The number of benzene rings is 3. The van der Waals surface area contributed by atoms with E-state index in [1.54, 1.807) is 28.8 Å². The zero-order valence-electron chi connectivity index (χ0n) is 20.8. The van der Waals surface area contributed by atoms with Crippen molar-refractivity contribution in [3.05, 3.63) is 82.4 Å². The van der Waals surface area contributed by atoms with Crippen molar-refractivity contribution in [3.8, 4) is 17.1 Å². The van der Waals surface area contributed by atoms with Crippen molar-refractivity contribution >= 4 is 28.6 Å². The first kappa shape index (κ1) is 27.0. The second kappa shape index (κ2) is 11.3. The Morgan fingerprint density at radius 3 is 2.18 bits per heavy atom. The maximum atomic E-state index is 14.8. The van der Waals surface area contributed by atoms with Gasteiger partial charge in [0.1, 0.15) is 12.4 Å². The van der Waals surface area contributed by atoms with Crippen LogP contribution < -0.4 is 4.74 Å². The number of nitrogens with zero attached hydrogens (tertiary/aromatic N) is 2. The number of aromatic nitrogens is 2. The minimum atomic E-state index is -1.47. The van der Waals surface area contributed by atoms with Crippen molar-refractivity contribution in [1.82, 2.24) is 9.55 Å². The van der Waals surface area contributed by atoms with E-state index < -0.39 is 46.6 Å². The first-order valence-corrected chi connectivity index (χ1v) is 13.1. The van der Waals surface area contributed by atoms with Crippen LogP contribution in [0.5, 0.6) is 5.75 Å². The van der Waals surface area contributed by atoms with E-state index >= 15 is 0 Å². The summed E-state index contributed by atoms with van der Waals surface area (Å²) in [4.78, 5) is 15.8. The van der Waals surface area contributed by atoms with Gasteiger partial charge in [0, 0.05) is 22.7 Å². The molecule has 1 aliphatic rings. The number of carbonyl (C=O) groups is 1. The van der Waals surface area contributed by atoms with Gasteiger partial charge in [-0.3, -0.25) is 0 Å². The molecule has 1 aliphatic carbocycles. The summed E-state index contributed by atoms with van der Waals surface area (Å²) in [6, 6.07) is 9.77. The predicted molar refractivity (Wildman–Crippen MR) is 139 cm³/mol. The zero-order chi connectivity index (χ0) is 27.7. The molecule has 1 aromatic heterocycles. The number of rotatable bonds is 7. The van der Waals surface area contributed by atoms with Crippen LogP contribution in [-0.4, -0.2) is 27.2 Å². The Kier molecular flexibility index (Phi) is 7.79. The van der Waals surface area contributed by atoms with Crippen LogP contribution in [0.3, 0.4) is 0 Å². The highest BCUT2D eigenvalue weighted by molar-refractivity contribution is 6.30. The average Bonchev–Trinajstić information content (AvgIpc) is 3.06. The minimum Gasteiger partial charge on any atom is -0.485 e. The number of halogens is 5. The molecule has 10 heteroatoms. The molecule has 1 unspecified atom stereocenters. The summed E-state index contributed by atoms with van der Waals surface area (Å²) in [6.07, 6.45) is 5.53. The smallest absolute Gasteiger partial charge is 0.335 e. The molecule has 1 atom stereocenters. The minimum absolute atomic E-state index is 0.0199. The fourth-order valence-corrected chi connectivity index (χ4v) is 5.46. The summed E-state index contributed by atoms with van der Waals surface area (Å²) in [5, 5.41) is 9.61. The molecule has 1 saturated carbocycles. The van der Waals surface area contributed by atoms with Crippen LogP contribution in [-0.2, 0) is 0 Å². The van der Waals surface area contributed by atoms with Gasteiger partial charge < -0.3 is 14.4 Å². The van der Waals surface area contributed by atoms with Crippen LogP contribution >= 0.6 is 11.6 Å². The van der Waals surface area contributed by atoms with Gasteiger partial charge in [0.05, 0.1) is 22.6 Å². The Hall–Kier alpha value is -3.59. The highest BCUT2D eigenvalue weighted by Gasteiger charge is 2.31. The fourth-order valence-electron chi connectivity index (χ4n) is 5.34. The predicted octanol–water partition coefficient (Wildman–Crippen LogP) is 8.20. The first-order chi connectivity index (χ1) is 18.7.